The van der Waals surface area contributed by atoms with Crippen molar-refractivity contribution in [3.63, 3.8) is 0 Å². The van der Waals surface area contributed by atoms with E-state index in [9.17, 15) is 0 Å². The molecule has 0 nitrogen and oxygen atoms in total. The molecular formula is C14H16. The first-order valence-electron chi connectivity index (χ1n) is 5.18. The monoisotopic (exact) mass is 184 g/mol. The Morgan fingerprint density at radius 2 is 2.07 bits per heavy atom. The quantitative estimate of drug-likeness (QED) is 0.617. The predicted octanol–water partition coefficient (Wildman–Crippen LogP) is 4.07. The second-order valence-electron chi connectivity index (χ2n) is 3.79. The van der Waals surface area contributed by atoms with Gasteiger partial charge in [0.1, 0.15) is 0 Å². The lowest BCUT2D eigenvalue weighted by Crippen LogP contribution is -2.09. The molecule has 0 saturated carbocycles. The van der Waals surface area contributed by atoms with E-state index in [0.29, 0.717) is 0 Å². The van der Waals surface area contributed by atoms with Gasteiger partial charge in [-0.15, -0.1) is 0 Å². The van der Waals surface area contributed by atoms with E-state index in [4.69, 9.17) is 0 Å². The fraction of sp³-hybridized carbons (Fsp3) is 0.286. The Kier molecular flexibility index (Phi) is 2.28. The van der Waals surface area contributed by atoms with Crippen LogP contribution in [0.2, 0.25) is 0 Å². The molecule has 0 spiro atoms. The zero-order chi connectivity index (χ0) is 10.1. The highest BCUT2D eigenvalue weighted by molar-refractivity contribution is 5.85. The van der Waals surface area contributed by atoms with Gasteiger partial charge in [-0.3, -0.25) is 0 Å². The molecule has 1 aromatic carbocycles. The molecule has 0 saturated heterocycles. The number of hydrogen-bond donors (Lipinski definition) is 0. The Morgan fingerprint density at radius 3 is 2.71 bits per heavy atom. The van der Waals surface area contributed by atoms with E-state index >= 15 is 0 Å². The van der Waals surface area contributed by atoms with Crippen molar-refractivity contribution in [3.05, 3.63) is 47.0 Å². The maximum atomic E-state index is 2.22. The predicted molar refractivity (Wildman–Crippen MR) is 63.1 cm³/mol. The molecule has 1 aromatic rings. The van der Waals surface area contributed by atoms with E-state index in [1.165, 1.54) is 27.8 Å². The molecule has 0 amide bonds. The SMILES string of the molecule is C/C=C(\C)c1cccc2c1C/C2=C\C. The standard InChI is InChI=1S/C14H16/c1-4-10(3)12-7-6-8-13-11(5-2)9-14(12)13/h4-8H,9H2,1-3H3/b10-4+,11-5+. The summed E-state index contributed by atoms with van der Waals surface area (Å²) in [6, 6.07) is 6.60. The molecule has 0 aromatic heterocycles. The summed E-state index contributed by atoms with van der Waals surface area (Å²) in [6.07, 6.45) is 5.55. The molecule has 0 N–H and O–H groups in total. The van der Waals surface area contributed by atoms with E-state index in [1.54, 1.807) is 0 Å². The van der Waals surface area contributed by atoms with Crippen molar-refractivity contribution in [1.29, 1.82) is 0 Å². The van der Waals surface area contributed by atoms with Gasteiger partial charge in [0.15, 0.2) is 0 Å². The van der Waals surface area contributed by atoms with E-state index in [-0.39, 0.29) is 0 Å². The van der Waals surface area contributed by atoms with Gasteiger partial charge < -0.3 is 0 Å². The fourth-order valence-corrected chi connectivity index (χ4v) is 2.04. The highest BCUT2D eigenvalue weighted by Gasteiger charge is 2.21. The van der Waals surface area contributed by atoms with Crippen LogP contribution in [-0.4, -0.2) is 0 Å². The Bertz CT molecular complexity index is 420. The summed E-state index contributed by atoms with van der Waals surface area (Å²) >= 11 is 0. The van der Waals surface area contributed by atoms with Gasteiger partial charge in [0.2, 0.25) is 0 Å². The number of rotatable bonds is 1. The fourth-order valence-electron chi connectivity index (χ4n) is 2.04. The van der Waals surface area contributed by atoms with Gasteiger partial charge in [0, 0.05) is 0 Å². The summed E-state index contributed by atoms with van der Waals surface area (Å²) in [5, 5.41) is 0. The highest BCUT2D eigenvalue weighted by Crippen LogP contribution is 2.38. The van der Waals surface area contributed by atoms with Gasteiger partial charge >= 0.3 is 0 Å². The molecule has 0 heteroatoms. The smallest absolute Gasteiger partial charge is 0.00109 e. The molecule has 1 aliphatic carbocycles. The van der Waals surface area contributed by atoms with Crippen molar-refractivity contribution in [2.45, 2.75) is 27.2 Å². The minimum absolute atomic E-state index is 1.15. The zero-order valence-electron chi connectivity index (χ0n) is 9.09. The van der Waals surface area contributed by atoms with Crippen LogP contribution in [0.25, 0.3) is 11.1 Å². The minimum Gasteiger partial charge on any atom is -0.0841 e. The second-order valence-corrected chi connectivity index (χ2v) is 3.79. The number of hydrogen-bond acceptors (Lipinski definition) is 0. The molecule has 0 fully saturated rings. The van der Waals surface area contributed by atoms with Gasteiger partial charge in [0.25, 0.3) is 0 Å². The molecule has 0 unspecified atom stereocenters. The molecular weight excluding hydrogens is 168 g/mol. The van der Waals surface area contributed by atoms with Crippen LogP contribution in [0.1, 0.15) is 37.5 Å². The van der Waals surface area contributed by atoms with Gasteiger partial charge in [0.05, 0.1) is 0 Å². The molecule has 2 rings (SSSR count). The van der Waals surface area contributed by atoms with Crippen molar-refractivity contribution in [3.8, 4) is 0 Å². The van der Waals surface area contributed by atoms with Gasteiger partial charge in [-0.25, -0.2) is 0 Å². The number of benzene rings is 1. The average molecular weight is 184 g/mol. The maximum Gasteiger partial charge on any atom is -0.00109 e. The van der Waals surface area contributed by atoms with Crippen LogP contribution in [-0.2, 0) is 6.42 Å². The van der Waals surface area contributed by atoms with E-state index in [1.807, 2.05) is 0 Å². The van der Waals surface area contributed by atoms with Crippen LogP contribution in [0.5, 0.6) is 0 Å². The number of fused-ring (bicyclic) bond motifs is 1. The molecule has 0 aliphatic heterocycles. The largest absolute Gasteiger partial charge is 0.0841 e. The third-order valence-corrected chi connectivity index (χ3v) is 3.10. The molecule has 1 aliphatic rings. The van der Waals surface area contributed by atoms with Crippen molar-refractivity contribution in [1.82, 2.24) is 0 Å². The third-order valence-electron chi connectivity index (χ3n) is 3.10. The Balaban J connectivity index is 2.53. The summed E-state index contributed by atoms with van der Waals surface area (Å²) < 4.78 is 0. The highest BCUT2D eigenvalue weighted by atomic mass is 14.2. The van der Waals surface area contributed by atoms with Crippen LogP contribution in [0.4, 0.5) is 0 Å². The second kappa shape index (κ2) is 3.45. The van der Waals surface area contributed by atoms with Crippen LogP contribution in [0.3, 0.4) is 0 Å². The summed E-state index contributed by atoms with van der Waals surface area (Å²) in [7, 11) is 0. The normalized spacial score (nSPS) is 17.9. The summed E-state index contributed by atoms with van der Waals surface area (Å²) in [6.45, 7) is 6.40. The van der Waals surface area contributed by atoms with Crippen molar-refractivity contribution in [2.75, 3.05) is 0 Å². The molecule has 0 radical (unpaired) electrons. The first-order chi connectivity index (χ1) is 6.77. The summed E-state index contributed by atoms with van der Waals surface area (Å²) in [5.74, 6) is 0. The van der Waals surface area contributed by atoms with Crippen molar-refractivity contribution < 1.29 is 0 Å². The lowest BCUT2D eigenvalue weighted by Gasteiger charge is -2.26. The third kappa shape index (κ3) is 1.22. The Morgan fingerprint density at radius 1 is 1.29 bits per heavy atom. The van der Waals surface area contributed by atoms with E-state index < -0.39 is 0 Å². The maximum absolute atomic E-state index is 2.22. The van der Waals surface area contributed by atoms with E-state index in [0.717, 1.165) is 6.42 Å². The topological polar surface area (TPSA) is 0 Å². The summed E-state index contributed by atoms with van der Waals surface area (Å²) in [5.41, 5.74) is 7.28. The van der Waals surface area contributed by atoms with Gasteiger partial charge in [-0.2, -0.15) is 0 Å². The molecule has 0 heterocycles. The lowest BCUT2D eigenvalue weighted by atomic mass is 9.78. The van der Waals surface area contributed by atoms with Crippen molar-refractivity contribution >= 4 is 11.1 Å². The van der Waals surface area contributed by atoms with Gasteiger partial charge in [-0.1, -0.05) is 30.4 Å². The molecule has 72 valence electrons. The van der Waals surface area contributed by atoms with E-state index in [2.05, 4.69) is 51.1 Å². The van der Waals surface area contributed by atoms with Crippen LogP contribution >= 0.6 is 0 Å². The minimum atomic E-state index is 1.15. The van der Waals surface area contributed by atoms with Crippen molar-refractivity contribution in [2.24, 2.45) is 0 Å². The summed E-state index contributed by atoms with van der Waals surface area (Å²) in [4.78, 5) is 0. The van der Waals surface area contributed by atoms with Crippen LogP contribution in [0.15, 0.2) is 30.4 Å². The first kappa shape index (κ1) is 9.26. The molecule has 0 atom stereocenters. The van der Waals surface area contributed by atoms with Crippen LogP contribution < -0.4 is 0 Å². The Labute approximate surface area is 86.0 Å². The first-order valence-corrected chi connectivity index (χ1v) is 5.18. The lowest BCUT2D eigenvalue weighted by molar-refractivity contribution is 1.14. The van der Waals surface area contributed by atoms with Crippen LogP contribution in [0, 0.1) is 0 Å². The Hall–Kier alpha value is -1.30. The zero-order valence-corrected chi connectivity index (χ0v) is 9.09. The molecule has 14 heavy (non-hydrogen) atoms. The van der Waals surface area contributed by atoms with Gasteiger partial charge in [-0.05, 0) is 55.0 Å². The number of allylic oxidation sites excluding steroid dienone is 4. The average Bonchev–Trinajstić information content (AvgIpc) is 2.19. The molecule has 0 bridgehead atoms.